The van der Waals surface area contributed by atoms with Gasteiger partial charge in [0.15, 0.2) is 5.65 Å². The standard InChI is InChI=1S/C18H20N6/c1-10(2)8-13(19)18-21-14-6-5-11(9-15(14)22-18)16-12-4-3-7-20-17(12)24-23-16/h3-7,9-10,13H,8,19H2,1-2H3,(H,21,22)(H,20,23,24)/t13-/m1/s1. The highest BCUT2D eigenvalue weighted by Crippen LogP contribution is 2.28. The number of pyridine rings is 1. The zero-order valence-corrected chi connectivity index (χ0v) is 13.7. The van der Waals surface area contributed by atoms with E-state index < -0.39 is 0 Å². The van der Waals surface area contributed by atoms with Gasteiger partial charge in [0.1, 0.15) is 5.82 Å². The Morgan fingerprint density at radius 3 is 2.92 bits per heavy atom. The van der Waals surface area contributed by atoms with Crippen molar-refractivity contribution in [3.8, 4) is 11.3 Å². The van der Waals surface area contributed by atoms with Crippen LogP contribution in [0.2, 0.25) is 0 Å². The number of aromatic nitrogens is 5. The molecule has 0 aliphatic heterocycles. The number of nitrogens with one attached hydrogen (secondary N) is 2. The van der Waals surface area contributed by atoms with Crippen LogP contribution >= 0.6 is 0 Å². The molecule has 24 heavy (non-hydrogen) atoms. The Bertz CT molecular complexity index is 997. The number of aromatic amines is 2. The molecule has 0 saturated heterocycles. The van der Waals surface area contributed by atoms with Crippen LogP contribution in [0.1, 0.15) is 32.1 Å². The molecule has 0 bridgehead atoms. The van der Waals surface area contributed by atoms with Crippen LogP contribution in [0.4, 0.5) is 0 Å². The second-order valence-electron chi connectivity index (χ2n) is 6.56. The fourth-order valence-electron chi connectivity index (χ4n) is 3.05. The Morgan fingerprint density at radius 1 is 1.21 bits per heavy atom. The summed E-state index contributed by atoms with van der Waals surface area (Å²) in [6.45, 7) is 4.33. The smallest absolute Gasteiger partial charge is 0.181 e. The third-order valence-electron chi connectivity index (χ3n) is 4.20. The second kappa shape index (κ2) is 5.72. The molecule has 0 amide bonds. The van der Waals surface area contributed by atoms with E-state index in [-0.39, 0.29) is 6.04 Å². The molecule has 0 fully saturated rings. The van der Waals surface area contributed by atoms with E-state index in [4.69, 9.17) is 5.73 Å². The van der Waals surface area contributed by atoms with Gasteiger partial charge < -0.3 is 10.7 Å². The van der Waals surface area contributed by atoms with Gasteiger partial charge in [-0.15, -0.1) is 0 Å². The van der Waals surface area contributed by atoms with Gasteiger partial charge in [-0.3, -0.25) is 5.10 Å². The number of benzene rings is 1. The van der Waals surface area contributed by atoms with Gasteiger partial charge in [0.2, 0.25) is 0 Å². The Morgan fingerprint density at radius 2 is 2.08 bits per heavy atom. The summed E-state index contributed by atoms with van der Waals surface area (Å²) < 4.78 is 0. The Labute approximate surface area is 139 Å². The van der Waals surface area contributed by atoms with Crippen LogP contribution in [0, 0.1) is 5.92 Å². The van der Waals surface area contributed by atoms with Crippen molar-refractivity contribution >= 4 is 22.1 Å². The van der Waals surface area contributed by atoms with Crippen molar-refractivity contribution in [3.63, 3.8) is 0 Å². The summed E-state index contributed by atoms with van der Waals surface area (Å²) in [4.78, 5) is 12.3. The van der Waals surface area contributed by atoms with Crippen molar-refractivity contribution in [1.29, 1.82) is 0 Å². The highest BCUT2D eigenvalue weighted by Gasteiger charge is 2.14. The summed E-state index contributed by atoms with van der Waals surface area (Å²) in [6, 6.07) is 9.99. The van der Waals surface area contributed by atoms with Crippen LogP contribution in [0.25, 0.3) is 33.3 Å². The zero-order valence-electron chi connectivity index (χ0n) is 13.7. The average Bonchev–Trinajstić information content (AvgIpc) is 3.17. The number of H-pyrrole nitrogens is 2. The predicted octanol–water partition coefficient (Wildman–Crippen LogP) is 3.55. The lowest BCUT2D eigenvalue weighted by atomic mass is 10.0. The molecule has 0 saturated carbocycles. The molecule has 0 aliphatic rings. The summed E-state index contributed by atoms with van der Waals surface area (Å²) in [6.07, 6.45) is 2.65. The lowest BCUT2D eigenvalue weighted by Crippen LogP contribution is -2.14. The molecule has 4 rings (SSSR count). The van der Waals surface area contributed by atoms with E-state index in [0.29, 0.717) is 5.92 Å². The molecule has 4 N–H and O–H groups in total. The van der Waals surface area contributed by atoms with E-state index in [0.717, 1.165) is 45.6 Å². The van der Waals surface area contributed by atoms with E-state index in [1.165, 1.54) is 0 Å². The predicted molar refractivity (Wildman–Crippen MR) is 95.4 cm³/mol. The molecular formula is C18H20N6. The molecule has 0 radical (unpaired) electrons. The highest BCUT2D eigenvalue weighted by atomic mass is 15.1. The number of hydrogen-bond acceptors (Lipinski definition) is 4. The van der Waals surface area contributed by atoms with Gasteiger partial charge in [0.05, 0.1) is 22.8 Å². The molecule has 3 aromatic heterocycles. The number of imidazole rings is 1. The fraction of sp³-hybridized carbons (Fsp3) is 0.278. The maximum atomic E-state index is 6.25. The van der Waals surface area contributed by atoms with Gasteiger partial charge in [0, 0.05) is 17.1 Å². The van der Waals surface area contributed by atoms with E-state index in [9.17, 15) is 0 Å². The monoisotopic (exact) mass is 320 g/mol. The minimum absolute atomic E-state index is 0.0713. The van der Waals surface area contributed by atoms with E-state index in [1.807, 2.05) is 24.3 Å². The van der Waals surface area contributed by atoms with Crippen molar-refractivity contribution < 1.29 is 0 Å². The van der Waals surface area contributed by atoms with Crippen molar-refractivity contribution in [3.05, 3.63) is 42.4 Å². The van der Waals surface area contributed by atoms with Crippen molar-refractivity contribution in [1.82, 2.24) is 25.1 Å². The molecule has 0 spiro atoms. The number of hydrogen-bond donors (Lipinski definition) is 3. The van der Waals surface area contributed by atoms with Crippen molar-refractivity contribution in [2.75, 3.05) is 0 Å². The van der Waals surface area contributed by atoms with E-state index in [1.54, 1.807) is 6.20 Å². The molecule has 1 atom stereocenters. The topological polar surface area (TPSA) is 96.3 Å². The Balaban J connectivity index is 1.75. The van der Waals surface area contributed by atoms with Gasteiger partial charge >= 0.3 is 0 Å². The first-order valence-corrected chi connectivity index (χ1v) is 8.16. The second-order valence-corrected chi connectivity index (χ2v) is 6.56. The highest BCUT2D eigenvalue weighted by molar-refractivity contribution is 5.93. The summed E-state index contributed by atoms with van der Waals surface area (Å²) >= 11 is 0. The van der Waals surface area contributed by atoms with E-state index >= 15 is 0 Å². The van der Waals surface area contributed by atoms with Crippen molar-refractivity contribution in [2.45, 2.75) is 26.3 Å². The van der Waals surface area contributed by atoms with E-state index in [2.05, 4.69) is 45.1 Å². The zero-order chi connectivity index (χ0) is 16.7. The normalized spacial score (nSPS) is 13.2. The van der Waals surface area contributed by atoms with Crippen molar-refractivity contribution in [2.24, 2.45) is 11.7 Å². The number of rotatable bonds is 4. The first-order valence-electron chi connectivity index (χ1n) is 8.16. The molecule has 6 heteroatoms. The van der Waals surface area contributed by atoms with Gasteiger partial charge in [-0.25, -0.2) is 9.97 Å². The first-order chi connectivity index (χ1) is 11.6. The van der Waals surface area contributed by atoms with Crippen LogP contribution in [0.15, 0.2) is 36.5 Å². The third-order valence-corrected chi connectivity index (χ3v) is 4.20. The number of nitrogens with zero attached hydrogens (tertiary/aromatic N) is 3. The lowest BCUT2D eigenvalue weighted by molar-refractivity contribution is 0.496. The van der Waals surface area contributed by atoms with Crippen LogP contribution in [0.5, 0.6) is 0 Å². The van der Waals surface area contributed by atoms with Crippen LogP contribution in [-0.4, -0.2) is 25.1 Å². The minimum Gasteiger partial charge on any atom is -0.341 e. The summed E-state index contributed by atoms with van der Waals surface area (Å²) in [5, 5.41) is 8.35. The summed E-state index contributed by atoms with van der Waals surface area (Å²) in [5.74, 6) is 1.37. The molecule has 122 valence electrons. The average molecular weight is 320 g/mol. The quantitative estimate of drug-likeness (QED) is 0.536. The van der Waals surface area contributed by atoms with Crippen LogP contribution in [0.3, 0.4) is 0 Å². The van der Waals surface area contributed by atoms with Gasteiger partial charge in [0.25, 0.3) is 0 Å². The minimum atomic E-state index is -0.0713. The Hall–Kier alpha value is -2.73. The fourth-order valence-corrected chi connectivity index (χ4v) is 3.05. The molecule has 0 unspecified atom stereocenters. The lowest BCUT2D eigenvalue weighted by Gasteiger charge is -2.10. The first kappa shape index (κ1) is 14.8. The van der Waals surface area contributed by atoms with Gasteiger partial charge in [-0.05, 0) is 36.6 Å². The van der Waals surface area contributed by atoms with Crippen LogP contribution in [-0.2, 0) is 0 Å². The molecule has 4 aromatic rings. The summed E-state index contributed by atoms with van der Waals surface area (Å²) in [7, 11) is 0. The molecule has 0 aliphatic carbocycles. The maximum absolute atomic E-state index is 6.25. The third kappa shape index (κ3) is 2.55. The Kier molecular flexibility index (Phi) is 3.54. The molecular weight excluding hydrogens is 300 g/mol. The number of fused-ring (bicyclic) bond motifs is 2. The largest absolute Gasteiger partial charge is 0.341 e. The van der Waals surface area contributed by atoms with Crippen LogP contribution < -0.4 is 5.73 Å². The molecule has 6 nitrogen and oxygen atoms in total. The molecule has 1 aromatic carbocycles. The molecule has 3 heterocycles. The SMILES string of the molecule is CC(C)C[C@@H](N)c1nc2ccc(-c3[nH]nc4ncccc34)cc2[nH]1. The van der Waals surface area contributed by atoms with Gasteiger partial charge in [-0.2, -0.15) is 5.10 Å². The van der Waals surface area contributed by atoms with Gasteiger partial charge in [-0.1, -0.05) is 19.9 Å². The maximum Gasteiger partial charge on any atom is 0.181 e. The number of nitrogens with two attached hydrogens (primary N) is 1. The summed E-state index contributed by atoms with van der Waals surface area (Å²) in [5.41, 5.74) is 10.9.